The number of rotatable bonds is 9. The second-order valence-corrected chi connectivity index (χ2v) is 17.3. The van der Waals surface area contributed by atoms with Crippen molar-refractivity contribution >= 4 is 79.9 Å². The summed E-state index contributed by atoms with van der Waals surface area (Å²) in [7, 11) is 2.93. The monoisotopic (exact) mass is 919 g/mol. The van der Waals surface area contributed by atoms with Crippen LogP contribution < -0.4 is 19.8 Å². The van der Waals surface area contributed by atoms with E-state index < -0.39 is 58.6 Å². The summed E-state index contributed by atoms with van der Waals surface area (Å²) in [6.07, 6.45) is 2.05. The molecule has 1 saturated carbocycles. The number of amides is 4. The second-order valence-electron chi connectivity index (χ2n) is 15.5. The van der Waals surface area contributed by atoms with Crippen LogP contribution in [0.2, 0.25) is 10.0 Å². The number of carbonyl (C=O) groups excluding carboxylic acids is 5. The minimum absolute atomic E-state index is 0.00983. The molecular weight excluding hydrogens is 885 g/mol. The fourth-order valence-electron chi connectivity index (χ4n) is 9.93. The third-order valence-electron chi connectivity index (χ3n) is 12.6. The minimum atomic E-state index is -1.71. The quantitative estimate of drug-likeness (QED) is 0.0842. The number of fused-ring (bicyclic) bond motifs is 4. The van der Waals surface area contributed by atoms with E-state index >= 15 is 9.59 Å². The van der Waals surface area contributed by atoms with Gasteiger partial charge in [0.25, 0.3) is 11.8 Å². The van der Waals surface area contributed by atoms with Crippen LogP contribution in [0.5, 0.6) is 17.2 Å². The van der Waals surface area contributed by atoms with Crippen molar-refractivity contribution in [2.75, 3.05) is 24.5 Å². The van der Waals surface area contributed by atoms with Gasteiger partial charge in [0.05, 0.1) is 53.8 Å². The minimum Gasteiger partial charge on any atom is -0.504 e. The van der Waals surface area contributed by atoms with Crippen molar-refractivity contribution in [3.05, 3.63) is 158 Å². The summed E-state index contributed by atoms with van der Waals surface area (Å²) in [6.45, 7) is 0. The third-order valence-corrected chi connectivity index (χ3v) is 13.6. The Morgan fingerprint density at radius 1 is 0.820 bits per heavy atom. The van der Waals surface area contributed by atoms with Crippen molar-refractivity contribution in [1.29, 1.82) is 0 Å². The van der Waals surface area contributed by atoms with E-state index in [1.807, 2.05) is 12.1 Å². The summed E-state index contributed by atoms with van der Waals surface area (Å²) in [4.78, 5) is 74.3. The fraction of sp³-hybridized carbons (Fsp3) is 0.213. The van der Waals surface area contributed by atoms with E-state index in [1.54, 1.807) is 97.1 Å². The number of hydrogen-bond donors (Lipinski definition) is 2. The Balaban J connectivity index is 1.19. The highest BCUT2D eigenvalue weighted by molar-refractivity contribution is 9.10. The van der Waals surface area contributed by atoms with E-state index in [9.17, 15) is 19.5 Å². The zero-order valence-electron chi connectivity index (χ0n) is 32.6. The van der Waals surface area contributed by atoms with Crippen LogP contribution in [-0.2, 0) is 24.6 Å². The summed E-state index contributed by atoms with van der Waals surface area (Å²) >= 11 is 16.4. The molecule has 5 aromatic rings. The smallest absolute Gasteiger partial charge is 0.260 e. The number of anilines is 2. The first-order valence-electron chi connectivity index (χ1n) is 19.5. The largest absolute Gasteiger partial charge is 0.504 e. The zero-order valence-corrected chi connectivity index (χ0v) is 35.7. The predicted molar refractivity (Wildman–Crippen MR) is 232 cm³/mol. The van der Waals surface area contributed by atoms with Crippen LogP contribution in [0, 0.1) is 23.7 Å². The van der Waals surface area contributed by atoms with Crippen molar-refractivity contribution < 1.29 is 38.6 Å². The highest BCUT2D eigenvalue weighted by atomic mass is 79.9. The van der Waals surface area contributed by atoms with Crippen LogP contribution in [0.15, 0.2) is 125 Å². The Hall–Kier alpha value is -5.95. The first-order chi connectivity index (χ1) is 29.4. The molecule has 3 fully saturated rings. The first kappa shape index (κ1) is 40.5. The lowest BCUT2D eigenvalue weighted by Crippen LogP contribution is -2.53. The van der Waals surface area contributed by atoms with Crippen LogP contribution in [0.1, 0.15) is 45.8 Å². The molecule has 0 bridgehead atoms. The van der Waals surface area contributed by atoms with Gasteiger partial charge in [-0.2, -0.15) is 5.01 Å². The molecule has 2 aliphatic carbocycles. The van der Waals surface area contributed by atoms with Crippen molar-refractivity contribution in [1.82, 2.24) is 5.01 Å². The van der Waals surface area contributed by atoms with Crippen LogP contribution >= 0.6 is 39.1 Å². The van der Waals surface area contributed by atoms with Crippen LogP contribution in [-0.4, -0.2) is 53.7 Å². The summed E-state index contributed by atoms with van der Waals surface area (Å²) in [5.74, 6) is -6.49. The van der Waals surface area contributed by atoms with E-state index in [0.717, 1.165) is 5.01 Å². The Kier molecular flexibility index (Phi) is 10.3. The Labute approximate surface area is 368 Å². The molecule has 9 rings (SSSR count). The zero-order chi connectivity index (χ0) is 42.9. The average molecular weight is 922 g/mol. The van der Waals surface area contributed by atoms with E-state index in [-0.39, 0.29) is 46.4 Å². The van der Waals surface area contributed by atoms with E-state index in [0.29, 0.717) is 43.2 Å². The van der Waals surface area contributed by atoms with Gasteiger partial charge in [0.2, 0.25) is 11.8 Å². The number of imide groups is 2. The number of phenolic OH excluding ortho intramolecular Hbond substituents is 1. The molecule has 0 unspecified atom stereocenters. The van der Waals surface area contributed by atoms with Gasteiger partial charge in [0, 0.05) is 32.1 Å². The number of nitrogens with zero attached hydrogens (tertiary/aromatic N) is 2. The van der Waals surface area contributed by atoms with Crippen LogP contribution in [0.25, 0.3) is 0 Å². The normalized spacial score (nSPS) is 24.2. The molecule has 11 nitrogen and oxygen atoms in total. The average Bonchev–Trinajstić information content (AvgIpc) is 3.65. The van der Waals surface area contributed by atoms with Crippen molar-refractivity contribution in [2.24, 2.45) is 23.7 Å². The van der Waals surface area contributed by atoms with Gasteiger partial charge < -0.3 is 14.6 Å². The number of hydrazine groups is 1. The van der Waals surface area contributed by atoms with Gasteiger partial charge in [-0.3, -0.25) is 34.3 Å². The second kappa shape index (κ2) is 15.5. The number of carbonyl (C=O) groups is 5. The van der Waals surface area contributed by atoms with Crippen molar-refractivity contribution in [3.8, 4) is 17.2 Å². The van der Waals surface area contributed by atoms with Gasteiger partial charge in [-0.25, -0.2) is 0 Å². The van der Waals surface area contributed by atoms with Crippen molar-refractivity contribution in [3.63, 3.8) is 0 Å². The number of allylic oxidation sites excluding steroid dienone is 2. The molecule has 2 saturated heterocycles. The molecular formula is C47H36BrCl2N3O8. The summed E-state index contributed by atoms with van der Waals surface area (Å²) in [5, 5.41) is 13.5. The highest BCUT2D eigenvalue weighted by Crippen LogP contribution is 2.65. The molecule has 61 heavy (non-hydrogen) atoms. The van der Waals surface area contributed by atoms with Crippen molar-refractivity contribution in [2.45, 2.75) is 24.2 Å². The Bertz CT molecular complexity index is 2690. The van der Waals surface area contributed by atoms with Gasteiger partial charge in [-0.15, -0.1) is 0 Å². The molecule has 0 radical (unpaired) electrons. The lowest BCUT2D eigenvalue weighted by molar-refractivity contribution is -0.138. The number of nitrogens with one attached hydrogen (secondary N) is 1. The molecule has 4 aliphatic rings. The van der Waals surface area contributed by atoms with Crippen LogP contribution in [0.4, 0.5) is 11.4 Å². The number of benzene rings is 5. The fourth-order valence-corrected chi connectivity index (χ4v) is 10.8. The summed E-state index contributed by atoms with van der Waals surface area (Å²) < 4.78 is 11.6. The number of halogens is 3. The maximum atomic E-state index is 15.6. The molecule has 4 amide bonds. The summed E-state index contributed by atoms with van der Waals surface area (Å²) in [6, 6.07) is 30.0. The molecule has 14 heteroatoms. The van der Waals surface area contributed by atoms with Gasteiger partial charge in [-0.1, -0.05) is 93.2 Å². The molecule has 2 heterocycles. The third kappa shape index (κ3) is 6.33. The van der Waals surface area contributed by atoms with Gasteiger partial charge in [-0.05, 0) is 91.1 Å². The van der Waals surface area contributed by atoms with E-state index in [4.69, 9.17) is 32.7 Å². The number of hydrogen-bond acceptors (Lipinski definition) is 9. The Morgan fingerprint density at radius 3 is 2.20 bits per heavy atom. The number of ketones is 1. The van der Waals surface area contributed by atoms with Gasteiger partial charge >= 0.3 is 0 Å². The lowest BCUT2D eigenvalue weighted by Gasteiger charge is -2.50. The number of phenols is 1. The first-order valence-corrected chi connectivity index (χ1v) is 21.0. The molecule has 2 N–H and O–H groups in total. The van der Waals surface area contributed by atoms with Crippen LogP contribution in [0.3, 0.4) is 0 Å². The lowest BCUT2D eigenvalue weighted by atomic mass is 9.49. The van der Waals surface area contributed by atoms with E-state index in [2.05, 4.69) is 21.4 Å². The topological polar surface area (TPSA) is 143 Å². The van der Waals surface area contributed by atoms with Gasteiger partial charge in [0.1, 0.15) is 5.75 Å². The predicted octanol–water partition coefficient (Wildman–Crippen LogP) is 8.90. The Morgan fingerprint density at radius 2 is 1.52 bits per heavy atom. The number of aromatic hydroxyl groups is 1. The highest BCUT2D eigenvalue weighted by Gasteiger charge is 2.71. The standard InChI is InChI=1S/C47H36BrCl2N3O8/c1-60-30-15-10-26(11-16-30)47-35(44(57)53(46(47)59)51-37-19-12-28(49)22-36(37)50)23-33-31(40(47)34-20-27(48)21-38(61-2)42(34)55)17-18-32-39(33)45(58)52(43(32)56)29-13-8-25(9-14-29)41(54)24-6-4-3-5-7-24/h3-17,19-22,32-33,35,39-40,51,55H,18,23H2,1-2H3/t32-,33+,35-,39-,40+,47+/m0/s1. The van der Waals surface area contributed by atoms with E-state index in [1.165, 1.54) is 25.2 Å². The maximum absolute atomic E-state index is 15.6. The molecule has 5 aromatic carbocycles. The molecule has 0 spiro atoms. The molecule has 0 aromatic heterocycles. The van der Waals surface area contributed by atoms with Gasteiger partial charge in [0.15, 0.2) is 17.3 Å². The molecule has 2 aliphatic heterocycles. The summed E-state index contributed by atoms with van der Waals surface area (Å²) in [5.41, 5.74) is 4.10. The SMILES string of the molecule is COc1ccc([C@@]23C(=O)N(Nc4ccc(Cl)cc4Cl)C(=O)[C@@H]2C[C@@H]2C(=CC[C@@H]4C(=O)N(c5ccc(C(=O)c6ccccc6)cc5)C(=O)[C@@H]42)[C@@H]3c2cc(Br)cc(OC)c2O)cc1. The maximum Gasteiger partial charge on any atom is 0.260 e. The number of ether oxygens (including phenoxy) is 2. The molecule has 308 valence electrons. The number of methoxy groups -OCH3 is 2. The molecule has 6 atom stereocenters.